The molecule has 2 rings (SSSR count). The van der Waals surface area contributed by atoms with E-state index >= 15 is 0 Å². The maximum absolute atomic E-state index is 13.4. The van der Waals surface area contributed by atoms with E-state index in [2.05, 4.69) is 4.74 Å². The molecular weight excluding hydrogens is 211 g/mol. The van der Waals surface area contributed by atoms with Gasteiger partial charge in [-0.3, -0.25) is 0 Å². The zero-order valence-corrected chi connectivity index (χ0v) is 9.41. The Morgan fingerprint density at radius 1 is 1.56 bits per heavy atom. The van der Waals surface area contributed by atoms with Gasteiger partial charge in [0.25, 0.3) is 0 Å². The minimum Gasteiger partial charge on any atom is -0.467 e. The molecule has 3 nitrogen and oxygen atoms in total. The van der Waals surface area contributed by atoms with Crippen molar-refractivity contribution in [3.05, 3.63) is 35.1 Å². The van der Waals surface area contributed by atoms with Gasteiger partial charge in [-0.25, -0.2) is 9.18 Å². The Kier molecular flexibility index (Phi) is 2.46. The van der Waals surface area contributed by atoms with Crippen LogP contribution in [0.3, 0.4) is 0 Å². The molecule has 16 heavy (non-hydrogen) atoms. The lowest BCUT2D eigenvalue weighted by molar-refractivity contribution is -0.142. The van der Waals surface area contributed by atoms with Gasteiger partial charge in [-0.2, -0.15) is 0 Å². The van der Waals surface area contributed by atoms with Gasteiger partial charge in [-0.05, 0) is 31.0 Å². The van der Waals surface area contributed by atoms with Gasteiger partial charge in [-0.1, -0.05) is 12.1 Å². The molecule has 0 aliphatic carbocycles. The third-order valence-electron chi connectivity index (χ3n) is 2.97. The summed E-state index contributed by atoms with van der Waals surface area (Å²) in [6.07, 6.45) is -0.625. The topological polar surface area (TPSA) is 38.8 Å². The second-order valence-corrected chi connectivity index (χ2v) is 4.09. The molecule has 0 N–H and O–H groups in total. The van der Waals surface area contributed by atoms with Gasteiger partial charge in [0.2, 0.25) is 0 Å². The summed E-state index contributed by atoms with van der Waals surface area (Å²) >= 11 is 0. The second-order valence-electron chi connectivity index (χ2n) is 4.09. The average molecular weight is 224 g/mol. The fraction of sp³-hybridized carbons (Fsp3) is 0.417. The largest absolute Gasteiger partial charge is 0.467 e. The highest BCUT2D eigenvalue weighted by molar-refractivity contribution is 5.79. The molecule has 1 aromatic carbocycles. The normalized spacial score (nSPS) is 27.6. The number of carbonyl (C=O) groups is 1. The third kappa shape index (κ3) is 1.59. The summed E-state index contributed by atoms with van der Waals surface area (Å²) in [5, 5.41) is 0. The molecule has 1 heterocycles. The smallest absolute Gasteiger partial charge is 0.338 e. The maximum atomic E-state index is 13.4. The van der Waals surface area contributed by atoms with Gasteiger partial charge in [0.05, 0.1) is 7.11 Å². The summed E-state index contributed by atoms with van der Waals surface area (Å²) in [5.41, 5.74) is 0.482. The summed E-state index contributed by atoms with van der Waals surface area (Å²) in [5.74, 6) is -0.721. The number of carbonyl (C=O) groups excluding carboxylic acids is 1. The Balaban J connectivity index is 2.26. The van der Waals surface area contributed by atoms with Crippen molar-refractivity contribution < 1.29 is 18.7 Å². The van der Waals surface area contributed by atoms with Gasteiger partial charge < -0.3 is 9.47 Å². The van der Waals surface area contributed by atoms with Crippen LogP contribution in [0.5, 0.6) is 0 Å². The summed E-state index contributed by atoms with van der Waals surface area (Å²) in [7, 11) is 1.31. The number of esters is 1. The predicted molar refractivity (Wildman–Crippen MR) is 55.4 cm³/mol. The lowest BCUT2D eigenvalue weighted by Gasteiger charge is -2.07. The van der Waals surface area contributed by atoms with Crippen LogP contribution >= 0.6 is 0 Å². The number of hydrogen-bond acceptors (Lipinski definition) is 3. The molecule has 0 aromatic heterocycles. The van der Waals surface area contributed by atoms with Crippen LogP contribution < -0.4 is 0 Å². The molecule has 86 valence electrons. The van der Waals surface area contributed by atoms with Gasteiger partial charge in [0, 0.05) is 0 Å². The van der Waals surface area contributed by atoms with Crippen molar-refractivity contribution in [3.8, 4) is 0 Å². The number of methoxy groups -OCH3 is 1. The van der Waals surface area contributed by atoms with E-state index in [0.29, 0.717) is 11.1 Å². The minimum absolute atomic E-state index is 0.294. The van der Waals surface area contributed by atoms with Gasteiger partial charge in [0.15, 0.2) is 6.10 Å². The second kappa shape index (κ2) is 3.56. The van der Waals surface area contributed by atoms with Crippen molar-refractivity contribution in [3.63, 3.8) is 0 Å². The Bertz CT molecular complexity index is 444. The van der Waals surface area contributed by atoms with Crippen molar-refractivity contribution in [2.75, 3.05) is 7.11 Å². The lowest BCUT2D eigenvalue weighted by atomic mass is 9.96. The number of ether oxygens (including phenoxy) is 2. The van der Waals surface area contributed by atoms with Gasteiger partial charge in [-0.15, -0.1) is 0 Å². The van der Waals surface area contributed by atoms with E-state index in [9.17, 15) is 9.18 Å². The molecule has 2 atom stereocenters. The molecule has 0 radical (unpaired) electrons. The number of epoxide rings is 1. The molecule has 1 aromatic rings. The number of aryl methyl sites for hydroxylation is 1. The lowest BCUT2D eigenvalue weighted by Crippen LogP contribution is -2.17. The van der Waals surface area contributed by atoms with Crippen molar-refractivity contribution in [1.29, 1.82) is 0 Å². The average Bonchev–Trinajstić information content (AvgIpc) is 2.95. The van der Waals surface area contributed by atoms with Crippen LogP contribution in [0.4, 0.5) is 4.39 Å². The van der Waals surface area contributed by atoms with E-state index in [1.54, 1.807) is 26.0 Å². The fourth-order valence-electron chi connectivity index (χ4n) is 1.71. The monoisotopic (exact) mass is 224 g/mol. The summed E-state index contributed by atoms with van der Waals surface area (Å²) in [6.45, 7) is 3.44. The van der Waals surface area contributed by atoms with Crippen LogP contribution in [0.2, 0.25) is 0 Å². The van der Waals surface area contributed by atoms with Crippen LogP contribution in [-0.4, -0.2) is 19.2 Å². The summed E-state index contributed by atoms with van der Waals surface area (Å²) in [6, 6.07) is 4.84. The molecule has 1 aliphatic rings. The van der Waals surface area contributed by atoms with E-state index in [0.717, 1.165) is 0 Å². The maximum Gasteiger partial charge on any atom is 0.338 e. The molecule has 0 saturated carbocycles. The number of benzene rings is 1. The summed E-state index contributed by atoms with van der Waals surface area (Å²) in [4.78, 5) is 11.3. The zero-order chi connectivity index (χ0) is 11.9. The highest BCUT2D eigenvalue weighted by Crippen LogP contribution is 2.46. The van der Waals surface area contributed by atoms with Crippen LogP contribution in [0.15, 0.2) is 18.2 Å². The fourth-order valence-corrected chi connectivity index (χ4v) is 1.71. The molecule has 0 spiro atoms. The molecule has 0 bridgehead atoms. The van der Waals surface area contributed by atoms with Crippen molar-refractivity contribution >= 4 is 5.97 Å². The quantitative estimate of drug-likeness (QED) is 0.569. The summed E-state index contributed by atoms with van der Waals surface area (Å²) < 4.78 is 23.3. The number of rotatable bonds is 2. The molecule has 1 fully saturated rings. The first kappa shape index (κ1) is 11.1. The first-order chi connectivity index (χ1) is 7.49. The Labute approximate surface area is 93.2 Å². The molecule has 1 saturated heterocycles. The molecule has 4 heteroatoms. The highest BCUT2D eigenvalue weighted by Gasteiger charge is 2.59. The van der Waals surface area contributed by atoms with Gasteiger partial charge in [0.1, 0.15) is 11.4 Å². The van der Waals surface area contributed by atoms with Crippen LogP contribution in [0, 0.1) is 12.7 Å². The van der Waals surface area contributed by atoms with Gasteiger partial charge >= 0.3 is 5.97 Å². The molecule has 0 amide bonds. The number of hydrogen-bond donors (Lipinski definition) is 0. The van der Waals surface area contributed by atoms with Crippen LogP contribution in [0.1, 0.15) is 18.1 Å². The van der Waals surface area contributed by atoms with Crippen LogP contribution in [0.25, 0.3) is 0 Å². The van der Waals surface area contributed by atoms with Crippen molar-refractivity contribution in [2.45, 2.75) is 25.6 Å². The Hall–Kier alpha value is -1.42. The number of halogens is 1. The SMILES string of the molecule is COC(=O)C1OC1(C)c1ccc(C)c(F)c1. The zero-order valence-electron chi connectivity index (χ0n) is 9.41. The van der Waals surface area contributed by atoms with Crippen molar-refractivity contribution in [2.24, 2.45) is 0 Å². The van der Waals surface area contributed by atoms with E-state index < -0.39 is 17.7 Å². The standard InChI is InChI=1S/C12H13FO3/c1-7-4-5-8(6-9(7)13)12(2)10(16-12)11(14)15-3/h4-6,10H,1-3H3. The van der Waals surface area contributed by atoms with Crippen molar-refractivity contribution in [1.82, 2.24) is 0 Å². The third-order valence-corrected chi connectivity index (χ3v) is 2.97. The first-order valence-electron chi connectivity index (χ1n) is 5.01. The van der Waals surface area contributed by atoms with Crippen LogP contribution in [-0.2, 0) is 19.9 Å². The predicted octanol–water partition coefficient (Wildman–Crippen LogP) is 1.92. The molecular formula is C12H13FO3. The Morgan fingerprint density at radius 2 is 2.25 bits per heavy atom. The van der Waals surface area contributed by atoms with E-state index in [1.165, 1.54) is 13.2 Å². The Morgan fingerprint density at radius 3 is 2.81 bits per heavy atom. The van der Waals surface area contributed by atoms with E-state index in [1.807, 2.05) is 0 Å². The molecule has 2 unspecified atom stereocenters. The highest BCUT2D eigenvalue weighted by atomic mass is 19.1. The first-order valence-corrected chi connectivity index (χ1v) is 5.01. The minimum atomic E-state index is -0.748. The van der Waals surface area contributed by atoms with E-state index in [4.69, 9.17) is 4.74 Å². The van der Waals surface area contributed by atoms with E-state index in [-0.39, 0.29) is 5.82 Å². The molecule has 1 aliphatic heterocycles.